The van der Waals surface area contributed by atoms with Crippen LogP contribution in [-0.2, 0) is 0 Å². The molecule has 0 N–H and O–H groups in total. The van der Waals surface area contributed by atoms with Crippen LogP contribution in [0, 0.1) is 0 Å². The lowest BCUT2D eigenvalue weighted by Crippen LogP contribution is -2.55. The van der Waals surface area contributed by atoms with Gasteiger partial charge in [0.2, 0.25) is 6.71 Å². The van der Waals surface area contributed by atoms with E-state index in [4.69, 9.17) is 0 Å². The summed E-state index contributed by atoms with van der Waals surface area (Å²) in [5.41, 5.74) is 11.5. The lowest BCUT2D eigenvalue weighted by Gasteiger charge is -2.26. The van der Waals surface area contributed by atoms with Crippen molar-refractivity contribution in [3.63, 3.8) is 0 Å². The molecule has 0 amide bonds. The zero-order valence-corrected chi connectivity index (χ0v) is 28.2. The van der Waals surface area contributed by atoms with E-state index in [0.29, 0.717) is 0 Å². The zero-order valence-electron chi connectivity index (χ0n) is 27.4. The maximum absolute atomic E-state index is 2.39. The summed E-state index contributed by atoms with van der Waals surface area (Å²) in [4.78, 5) is 2.67. The van der Waals surface area contributed by atoms with Crippen LogP contribution in [0.2, 0.25) is 0 Å². The molecule has 0 radical (unpaired) electrons. The van der Waals surface area contributed by atoms with E-state index in [0.717, 1.165) is 0 Å². The second kappa shape index (κ2) is 11.9. The summed E-state index contributed by atoms with van der Waals surface area (Å²) in [6.45, 7) is 0.235. The van der Waals surface area contributed by atoms with Crippen LogP contribution in [0.4, 0.5) is 0 Å². The van der Waals surface area contributed by atoms with Gasteiger partial charge in [-0.15, -0.1) is 0 Å². The molecule has 0 nitrogen and oxygen atoms in total. The maximum atomic E-state index is 2.39. The van der Waals surface area contributed by atoms with Crippen LogP contribution in [0.3, 0.4) is 0 Å². The minimum Gasteiger partial charge on any atom is -0.0911 e. The Hall–Kier alpha value is -5.83. The monoisotopic (exact) mass is 650 g/mol. The highest BCUT2D eigenvalue weighted by atomic mass is 32.2. The number of hydrogen-bond donors (Lipinski definition) is 0. The molecular weight excluding hydrogens is 619 g/mol. The first kappa shape index (κ1) is 29.1. The molecule has 0 aliphatic carbocycles. The summed E-state index contributed by atoms with van der Waals surface area (Å²) in [6, 6.07) is 69.4. The third-order valence-electron chi connectivity index (χ3n) is 10.4. The summed E-state index contributed by atoms with van der Waals surface area (Å²) in [6.07, 6.45) is 0. The van der Waals surface area contributed by atoms with Crippen LogP contribution in [0.5, 0.6) is 0 Å². The smallest absolute Gasteiger partial charge is 0.0911 e. The Morgan fingerprint density at radius 2 is 0.740 bits per heavy atom. The van der Waals surface area contributed by atoms with Crippen LogP contribution in [0.1, 0.15) is 0 Å². The van der Waals surface area contributed by atoms with E-state index < -0.39 is 0 Å². The maximum Gasteiger partial charge on any atom is 0.244 e. The van der Waals surface area contributed by atoms with Gasteiger partial charge in [0.15, 0.2) is 0 Å². The van der Waals surface area contributed by atoms with E-state index >= 15 is 0 Å². The molecule has 0 spiro atoms. The lowest BCUT2D eigenvalue weighted by molar-refractivity contribution is 1.43. The van der Waals surface area contributed by atoms with E-state index in [1.807, 2.05) is 11.8 Å². The van der Waals surface area contributed by atoms with Crippen molar-refractivity contribution in [2.24, 2.45) is 0 Å². The molecule has 0 unspecified atom stereocenters. The summed E-state index contributed by atoms with van der Waals surface area (Å²) in [5, 5.41) is 7.81. The molecule has 232 valence electrons. The van der Waals surface area contributed by atoms with Gasteiger partial charge >= 0.3 is 0 Å². The molecular formula is C48H31BS. The first-order valence-corrected chi connectivity index (χ1v) is 18.1. The number of fused-ring (bicyclic) bond motifs is 8. The highest BCUT2D eigenvalue weighted by Gasteiger charge is 2.31. The fourth-order valence-electron chi connectivity index (χ4n) is 7.99. The van der Waals surface area contributed by atoms with E-state index in [-0.39, 0.29) is 6.71 Å². The number of hydrogen-bond acceptors (Lipinski definition) is 1. The fraction of sp³-hybridized carbons (Fsp3) is 0. The molecule has 0 bridgehead atoms. The molecule has 50 heavy (non-hydrogen) atoms. The highest BCUT2D eigenvalue weighted by molar-refractivity contribution is 8.00. The van der Waals surface area contributed by atoms with Gasteiger partial charge in [0.1, 0.15) is 0 Å². The first-order chi connectivity index (χ1) is 24.8. The van der Waals surface area contributed by atoms with Gasteiger partial charge in [-0.25, -0.2) is 0 Å². The largest absolute Gasteiger partial charge is 0.244 e. The van der Waals surface area contributed by atoms with Gasteiger partial charge in [-0.1, -0.05) is 186 Å². The Morgan fingerprint density at radius 1 is 0.280 bits per heavy atom. The van der Waals surface area contributed by atoms with E-state index in [1.165, 1.54) is 91.9 Å². The minimum atomic E-state index is 0.235. The van der Waals surface area contributed by atoms with Gasteiger partial charge in [0, 0.05) is 9.79 Å². The molecule has 0 fully saturated rings. The van der Waals surface area contributed by atoms with Crippen LogP contribution >= 0.6 is 11.8 Å². The molecule has 1 aliphatic rings. The van der Waals surface area contributed by atoms with Crippen molar-refractivity contribution in [1.29, 1.82) is 0 Å². The second-order valence-corrected chi connectivity index (χ2v) is 14.3. The first-order valence-electron chi connectivity index (χ1n) is 17.3. The normalized spacial score (nSPS) is 12.3. The summed E-state index contributed by atoms with van der Waals surface area (Å²) in [7, 11) is 0. The van der Waals surface area contributed by atoms with Gasteiger partial charge in [-0.2, -0.15) is 0 Å². The summed E-state index contributed by atoms with van der Waals surface area (Å²) >= 11 is 1.89. The van der Waals surface area contributed by atoms with Crippen molar-refractivity contribution >= 4 is 67.2 Å². The standard InChI is InChI=1S/C48H31BS/c1-2-16-38(17-3-1)49-45-22-8-9-23-47(45)50-48-31-37(25-27-46(48)49)35-15-11-13-33(29-35)32-12-10-14-34(28-32)36-24-26-43-41-20-5-4-18-39(41)40-19-6-7-21-42(40)44(43)30-36/h1-31H. The quantitative estimate of drug-likeness (QED) is 0.135. The molecule has 9 aromatic rings. The Morgan fingerprint density at radius 3 is 1.38 bits per heavy atom. The van der Waals surface area contributed by atoms with Crippen LogP contribution in [0.25, 0.3) is 65.7 Å². The molecule has 0 atom stereocenters. The van der Waals surface area contributed by atoms with Crippen LogP contribution in [-0.4, -0.2) is 6.71 Å². The topological polar surface area (TPSA) is 0 Å². The molecule has 9 aromatic carbocycles. The Balaban J connectivity index is 1.03. The SMILES string of the molecule is c1ccc(B2c3ccccc3Sc3cc(-c4cccc(-c5cccc(-c6ccc7c8ccccc8c8ccccc8c7c6)c5)c4)ccc32)cc1. The average molecular weight is 651 g/mol. The van der Waals surface area contributed by atoms with Crippen molar-refractivity contribution in [1.82, 2.24) is 0 Å². The van der Waals surface area contributed by atoms with Crippen molar-refractivity contribution < 1.29 is 0 Å². The van der Waals surface area contributed by atoms with E-state index in [1.54, 1.807) is 0 Å². The molecule has 0 saturated carbocycles. The molecule has 1 heterocycles. The fourth-order valence-corrected chi connectivity index (χ4v) is 9.16. The van der Waals surface area contributed by atoms with Crippen molar-refractivity contribution in [2.45, 2.75) is 9.79 Å². The third-order valence-corrected chi connectivity index (χ3v) is 11.5. The Kier molecular flexibility index (Phi) is 6.96. The molecule has 0 saturated heterocycles. The van der Waals surface area contributed by atoms with Gasteiger partial charge in [-0.3, -0.25) is 0 Å². The Labute approximate surface area is 297 Å². The van der Waals surface area contributed by atoms with Crippen molar-refractivity contribution in [2.75, 3.05) is 0 Å². The number of benzene rings is 9. The van der Waals surface area contributed by atoms with Gasteiger partial charge in [0.25, 0.3) is 0 Å². The van der Waals surface area contributed by atoms with E-state index in [2.05, 4.69) is 188 Å². The van der Waals surface area contributed by atoms with Crippen LogP contribution < -0.4 is 16.4 Å². The van der Waals surface area contributed by atoms with Crippen molar-refractivity contribution in [3.05, 3.63) is 188 Å². The van der Waals surface area contributed by atoms with Gasteiger partial charge in [-0.05, 0) is 96.0 Å². The minimum absolute atomic E-state index is 0.235. The van der Waals surface area contributed by atoms with Gasteiger partial charge in [0.05, 0.1) is 0 Å². The number of rotatable bonds is 4. The third kappa shape index (κ3) is 4.87. The highest BCUT2D eigenvalue weighted by Crippen LogP contribution is 2.38. The second-order valence-electron chi connectivity index (χ2n) is 13.2. The molecule has 2 heteroatoms. The van der Waals surface area contributed by atoms with E-state index in [9.17, 15) is 0 Å². The van der Waals surface area contributed by atoms with Gasteiger partial charge < -0.3 is 0 Å². The molecule has 1 aliphatic heterocycles. The lowest BCUT2D eigenvalue weighted by atomic mass is 9.36. The average Bonchev–Trinajstić information content (AvgIpc) is 3.20. The Bertz CT molecular complexity index is 2710. The summed E-state index contributed by atoms with van der Waals surface area (Å²) in [5.74, 6) is 0. The summed E-state index contributed by atoms with van der Waals surface area (Å²) < 4.78 is 0. The van der Waals surface area contributed by atoms with Crippen molar-refractivity contribution in [3.8, 4) is 33.4 Å². The molecule has 0 aromatic heterocycles. The molecule has 10 rings (SSSR count). The van der Waals surface area contributed by atoms with Crippen LogP contribution in [0.15, 0.2) is 198 Å². The predicted molar refractivity (Wildman–Crippen MR) is 217 cm³/mol. The zero-order chi connectivity index (χ0) is 33.0. The predicted octanol–water partition coefficient (Wildman–Crippen LogP) is 11.1.